The first-order valence-electron chi connectivity index (χ1n) is 11.3. The van der Waals surface area contributed by atoms with Crippen LogP contribution in [0.3, 0.4) is 0 Å². The van der Waals surface area contributed by atoms with Crippen molar-refractivity contribution in [1.82, 2.24) is 14.9 Å². The number of rotatable bonds is 7. The van der Waals surface area contributed by atoms with Gasteiger partial charge in [-0.15, -0.1) is 0 Å². The van der Waals surface area contributed by atoms with Crippen LogP contribution in [-0.2, 0) is 0 Å². The number of carbonyl (C=O) groups excluding carboxylic acids is 1. The molecule has 0 radical (unpaired) electrons. The molecule has 2 aromatic heterocycles. The summed E-state index contributed by atoms with van der Waals surface area (Å²) in [5.41, 5.74) is 2.27. The van der Waals surface area contributed by atoms with Crippen LogP contribution in [-0.4, -0.2) is 39.8 Å². The van der Waals surface area contributed by atoms with Crippen LogP contribution < -0.4 is 21.8 Å². The van der Waals surface area contributed by atoms with Gasteiger partial charge in [-0.25, -0.2) is 18.2 Å². The monoisotopic (exact) mass is 527 g/mol. The number of hydrogen-bond acceptors (Lipinski definition) is 5. The number of hydrogen-bond donors (Lipinski definition) is 3. The number of nitrogens with two attached hydrogens (primary N) is 1. The highest BCUT2D eigenvalue weighted by atomic mass is 19.4. The summed E-state index contributed by atoms with van der Waals surface area (Å²) >= 11 is 0. The maximum Gasteiger partial charge on any atom is 0.408 e. The minimum absolute atomic E-state index is 0.158. The van der Waals surface area contributed by atoms with E-state index in [9.17, 15) is 35.9 Å². The van der Waals surface area contributed by atoms with E-state index >= 15 is 0 Å². The Morgan fingerprint density at radius 1 is 1.16 bits per heavy atom. The number of alkyl halides is 3. The fraction of sp³-hybridized carbons (Fsp3) is 0.375. The Morgan fingerprint density at radius 2 is 1.78 bits per heavy atom. The average molecular weight is 527 g/mol. The maximum atomic E-state index is 14.8. The minimum atomic E-state index is -4.76. The summed E-state index contributed by atoms with van der Waals surface area (Å²) < 4.78 is 84.2. The Morgan fingerprint density at radius 3 is 2.32 bits per heavy atom. The van der Waals surface area contributed by atoms with Crippen LogP contribution in [0.25, 0.3) is 16.7 Å². The normalized spacial score (nSPS) is 15.1. The van der Waals surface area contributed by atoms with Crippen LogP contribution in [0.4, 0.5) is 32.2 Å². The van der Waals surface area contributed by atoms with E-state index in [2.05, 4.69) is 10.3 Å². The zero-order valence-electron chi connectivity index (χ0n) is 19.7. The van der Waals surface area contributed by atoms with Crippen LogP contribution in [0.1, 0.15) is 37.0 Å². The van der Waals surface area contributed by atoms with Crippen LogP contribution in [0.15, 0.2) is 35.3 Å². The lowest BCUT2D eigenvalue weighted by atomic mass is 10.1. The molecule has 1 amide bonds. The van der Waals surface area contributed by atoms with Crippen molar-refractivity contribution >= 4 is 22.8 Å². The molecule has 1 aliphatic carbocycles. The molecule has 1 aliphatic rings. The number of halogens is 6. The van der Waals surface area contributed by atoms with Crippen molar-refractivity contribution in [3.63, 3.8) is 0 Å². The summed E-state index contributed by atoms with van der Waals surface area (Å²) in [4.78, 5) is 30.2. The maximum absolute atomic E-state index is 14.8. The molecule has 1 aromatic carbocycles. The lowest BCUT2D eigenvalue weighted by Gasteiger charge is -2.22. The molecule has 0 bridgehead atoms. The number of amides is 1. The minimum Gasteiger partial charge on any atom is -0.368 e. The van der Waals surface area contributed by atoms with Gasteiger partial charge >= 0.3 is 6.18 Å². The van der Waals surface area contributed by atoms with Gasteiger partial charge in [-0.2, -0.15) is 13.2 Å². The second kappa shape index (κ2) is 9.36. The van der Waals surface area contributed by atoms with Crippen molar-refractivity contribution in [3.8, 4) is 5.69 Å². The van der Waals surface area contributed by atoms with E-state index in [4.69, 9.17) is 5.73 Å². The number of anilines is 1. The number of pyridine rings is 2. The van der Waals surface area contributed by atoms with Gasteiger partial charge in [-0.3, -0.25) is 14.2 Å². The molecule has 0 aliphatic heterocycles. The van der Waals surface area contributed by atoms with Gasteiger partial charge < -0.3 is 16.4 Å². The van der Waals surface area contributed by atoms with Crippen LogP contribution in [0, 0.1) is 23.4 Å². The first-order valence-corrected chi connectivity index (χ1v) is 11.3. The topological polar surface area (TPSA) is 102 Å². The van der Waals surface area contributed by atoms with Crippen molar-refractivity contribution < 1.29 is 31.1 Å². The van der Waals surface area contributed by atoms with Crippen molar-refractivity contribution in [3.05, 3.63) is 63.7 Å². The van der Waals surface area contributed by atoms with E-state index in [1.165, 1.54) is 12.1 Å². The molecule has 37 heavy (non-hydrogen) atoms. The molecule has 7 nitrogen and oxygen atoms in total. The molecule has 13 heteroatoms. The van der Waals surface area contributed by atoms with Crippen LogP contribution in [0.5, 0.6) is 0 Å². The zero-order chi connectivity index (χ0) is 27.3. The summed E-state index contributed by atoms with van der Waals surface area (Å²) in [6.07, 6.45) is -3.57. The lowest BCUT2D eigenvalue weighted by molar-refractivity contribution is -0.158. The Hall–Kier alpha value is -3.61. The first kappa shape index (κ1) is 26.5. The number of fused-ring (bicyclic) bond motifs is 1. The molecular formula is C24H23F6N5O2. The number of nitrogens with zero attached hydrogens (tertiary/aromatic N) is 2. The van der Waals surface area contributed by atoms with E-state index in [-0.39, 0.29) is 36.2 Å². The summed E-state index contributed by atoms with van der Waals surface area (Å²) in [5.74, 6) is -6.04. The van der Waals surface area contributed by atoms with E-state index in [1.54, 1.807) is 13.8 Å². The summed E-state index contributed by atoms with van der Waals surface area (Å²) in [5, 5.41) is 4.44. The predicted molar refractivity (Wildman–Crippen MR) is 124 cm³/mol. The summed E-state index contributed by atoms with van der Waals surface area (Å²) in [6.45, 7) is 3.66. The van der Waals surface area contributed by atoms with E-state index in [0.29, 0.717) is 22.9 Å². The zero-order valence-corrected chi connectivity index (χ0v) is 19.7. The molecule has 3 aromatic rings. The molecule has 198 valence electrons. The third-order valence-electron chi connectivity index (χ3n) is 5.78. The smallest absolute Gasteiger partial charge is 0.368 e. The molecule has 4 rings (SSSR count). The molecule has 0 spiro atoms. The molecular weight excluding hydrogens is 504 g/mol. The Kier molecular flexibility index (Phi) is 6.69. The highest BCUT2D eigenvalue weighted by molar-refractivity contribution is 5.97. The molecule has 4 N–H and O–H groups in total. The molecule has 1 saturated carbocycles. The fourth-order valence-corrected chi connectivity index (χ4v) is 3.83. The Bertz CT molecular complexity index is 1400. The van der Waals surface area contributed by atoms with E-state index in [0.717, 1.165) is 0 Å². The molecule has 1 fully saturated rings. The van der Waals surface area contributed by atoms with Gasteiger partial charge in [0.05, 0.1) is 5.39 Å². The first-order chi connectivity index (χ1) is 17.2. The molecule has 1 unspecified atom stereocenters. The summed E-state index contributed by atoms with van der Waals surface area (Å²) in [7, 11) is 0. The highest BCUT2D eigenvalue weighted by Crippen LogP contribution is 2.40. The quantitative estimate of drug-likeness (QED) is 0.403. The van der Waals surface area contributed by atoms with E-state index < -0.39 is 63.7 Å². The third-order valence-corrected chi connectivity index (χ3v) is 5.78. The van der Waals surface area contributed by atoms with Gasteiger partial charge in [-0.1, -0.05) is 0 Å². The average Bonchev–Trinajstić information content (AvgIpc) is 3.60. The number of carbonyl (C=O) groups is 1. The number of aromatic nitrogens is 2. The Balaban J connectivity index is 1.89. The van der Waals surface area contributed by atoms with Crippen molar-refractivity contribution in [2.24, 2.45) is 11.7 Å². The number of nitrogens with one attached hydrogen (secondary N) is 2. The third kappa shape index (κ3) is 5.71. The summed E-state index contributed by atoms with van der Waals surface area (Å²) in [6, 6.07) is 1.14. The molecule has 0 saturated heterocycles. The van der Waals surface area contributed by atoms with Gasteiger partial charge in [-0.05, 0) is 44.7 Å². The highest BCUT2D eigenvalue weighted by Gasteiger charge is 2.49. The van der Waals surface area contributed by atoms with Crippen molar-refractivity contribution in [1.29, 1.82) is 0 Å². The number of benzene rings is 1. The second-order valence-electron chi connectivity index (χ2n) is 9.70. The molecule has 1 atom stereocenters. The van der Waals surface area contributed by atoms with Gasteiger partial charge in [0.25, 0.3) is 5.91 Å². The standard InChI is InChI=1S/C24H23F6N5O2/c1-23(2,31)10-32-17-6-5-13-19(36)14(22(37)34-20(11-3-4-11)24(28,29)30)9-35(21(13)33-17)18-15(26)7-12(25)8-16(18)27/h5-9,11,20H,3-4,10,31H2,1-2H3,(H,32,33)(H,34,37). The van der Waals surface area contributed by atoms with E-state index in [1.807, 2.05) is 5.32 Å². The SMILES string of the molecule is CC(C)(N)CNc1ccc2c(=O)c(C(=O)NC(C3CC3)C(F)(F)F)cn(-c3c(F)cc(F)cc3F)c2n1. The second-order valence-corrected chi connectivity index (χ2v) is 9.70. The van der Waals surface area contributed by atoms with Crippen LogP contribution >= 0.6 is 0 Å². The predicted octanol–water partition coefficient (Wildman–Crippen LogP) is 4.02. The van der Waals surface area contributed by atoms with Gasteiger partial charge in [0.2, 0.25) is 5.43 Å². The van der Waals surface area contributed by atoms with Gasteiger partial charge in [0.1, 0.15) is 28.9 Å². The lowest BCUT2D eigenvalue weighted by Crippen LogP contribution is -2.48. The van der Waals surface area contributed by atoms with Crippen molar-refractivity contribution in [2.75, 3.05) is 11.9 Å². The van der Waals surface area contributed by atoms with Gasteiger partial charge in [0, 0.05) is 30.4 Å². The van der Waals surface area contributed by atoms with Crippen molar-refractivity contribution in [2.45, 2.75) is 44.4 Å². The van der Waals surface area contributed by atoms with Crippen LogP contribution in [0.2, 0.25) is 0 Å². The fourth-order valence-electron chi connectivity index (χ4n) is 3.83. The van der Waals surface area contributed by atoms with Gasteiger partial charge in [0.15, 0.2) is 17.3 Å². The Labute approximate surface area is 206 Å². The molecule has 2 heterocycles. The largest absolute Gasteiger partial charge is 0.408 e.